The van der Waals surface area contributed by atoms with Crippen molar-refractivity contribution >= 4 is 44.2 Å². The van der Waals surface area contributed by atoms with Crippen LogP contribution in [0, 0.1) is 18.3 Å². The van der Waals surface area contributed by atoms with Crippen LogP contribution in [0.25, 0.3) is 44.2 Å². The average molecular weight is 359 g/mol. The summed E-state index contributed by atoms with van der Waals surface area (Å²) in [5, 5.41) is 14.5. The van der Waals surface area contributed by atoms with Gasteiger partial charge in [0.2, 0.25) is 0 Å². The molecular formula is C25H17N3. The van der Waals surface area contributed by atoms with Gasteiger partial charge in [0.05, 0.1) is 16.6 Å². The molecule has 0 amide bonds. The number of nitrogens with one attached hydrogen (secondary N) is 1. The molecule has 1 aromatic heterocycles. The third-order valence-electron chi connectivity index (χ3n) is 5.11. The van der Waals surface area contributed by atoms with E-state index in [1.54, 1.807) is 0 Å². The minimum Gasteiger partial charge on any atom is -0.337 e. The first-order valence-electron chi connectivity index (χ1n) is 9.22. The number of benzene rings is 4. The van der Waals surface area contributed by atoms with Crippen molar-refractivity contribution in [3.05, 3.63) is 89.7 Å². The average Bonchev–Trinajstić information content (AvgIpc) is 3.14. The van der Waals surface area contributed by atoms with E-state index >= 15 is 0 Å². The zero-order chi connectivity index (χ0) is 19.1. The molecule has 5 rings (SSSR count). The van der Waals surface area contributed by atoms with Crippen LogP contribution in [0.1, 0.15) is 17.0 Å². The predicted octanol–water partition coefficient (Wildman–Crippen LogP) is 6.24. The minimum absolute atomic E-state index is 0.523. The summed E-state index contributed by atoms with van der Waals surface area (Å²) in [6, 6.07) is 27.1. The summed E-state index contributed by atoms with van der Waals surface area (Å²) in [5.74, 6) is 0.597. The van der Waals surface area contributed by atoms with Gasteiger partial charge in [-0.2, -0.15) is 5.26 Å². The van der Waals surface area contributed by atoms with Crippen LogP contribution in [0.5, 0.6) is 0 Å². The van der Waals surface area contributed by atoms with Crippen molar-refractivity contribution in [1.29, 1.82) is 5.26 Å². The van der Waals surface area contributed by atoms with Crippen LogP contribution < -0.4 is 0 Å². The molecule has 0 saturated heterocycles. The van der Waals surface area contributed by atoms with Gasteiger partial charge in [-0.3, -0.25) is 0 Å². The van der Waals surface area contributed by atoms with Crippen molar-refractivity contribution < 1.29 is 0 Å². The predicted molar refractivity (Wildman–Crippen MR) is 116 cm³/mol. The second-order valence-corrected chi connectivity index (χ2v) is 7.01. The lowest BCUT2D eigenvalue weighted by Gasteiger charge is -2.08. The molecular weight excluding hydrogens is 342 g/mol. The highest BCUT2D eigenvalue weighted by molar-refractivity contribution is 6.10. The van der Waals surface area contributed by atoms with E-state index in [4.69, 9.17) is 0 Å². The van der Waals surface area contributed by atoms with Gasteiger partial charge in [-0.1, -0.05) is 54.6 Å². The van der Waals surface area contributed by atoms with E-state index in [1.165, 1.54) is 0 Å². The van der Waals surface area contributed by atoms with Gasteiger partial charge in [-0.05, 0) is 63.9 Å². The second kappa shape index (κ2) is 6.37. The summed E-state index contributed by atoms with van der Waals surface area (Å²) in [6.45, 7) is 2.04. The Bertz CT molecular complexity index is 1380. The molecule has 0 aliphatic heterocycles. The summed E-state index contributed by atoms with van der Waals surface area (Å²) >= 11 is 0. The molecule has 5 aromatic rings. The Hall–Kier alpha value is -3.90. The van der Waals surface area contributed by atoms with Gasteiger partial charge < -0.3 is 4.98 Å². The van der Waals surface area contributed by atoms with Gasteiger partial charge in [0.1, 0.15) is 11.9 Å². The number of nitrogens with zero attached hydrogens (tertiary/aromatic N) is 2. The standard InChI is InChI=1S/C25H17N3/c1-16-10-11-23-24(12-16)28-25(27-23)19(15-26)14-22-20-8-4-2-6-17(20)13-18-7-3-5-9-21(18)22/h2-14H,1H3,(H,27,28). The number of aryl methyl sites for hydroxylation is 1. The van der Waals surface area contributed by atoms with E-state index in [9.17, 15) is 5.26 Å². The molecule has 0 aliphatic carbocycles. The first-order chi connectivity index (χ1) is 13.7. The Balaban J connectivity index is 1.79. The molecule has 4 aromatic carbocycles. The number of hydrogen-bond donors (Lipinski definition) is 1. The fraction of sp³-hybridized carbons (Fsp3) is 0.0400. The van der Waals surface area contributed by atoms with Crippen LogP contribution in [0.2, 0.25) is 0 Å². The molecule has 0 fully saturated rings. The van der Waals surface area contributed by atoms with Crippen molar-refractivity contribution in [3.63, 3.8) is 0 Å². The SMILES string of the molecule is Cc1ccc2nc(C(C#N)=Cc3c4ccccc4cc4ccccc34)[nH]c2c1. The summed E-state index contributed by atoms with van der Waals surface area (Å²) in [6.07, 6.45) is 1.95. The van der Waals surface area contributed by atoms with Crippen molar-refractivity contribution in [2.24, 2.45) is 0 Å². The number of imidazole rings is 1. The number of allylic oxidation sites excluding steroid dienone is 1. The molecule has 0 unspecified atom stereocenters. The molecule has 0 aliphatic rings. The summed E-state index contributed by atoms with van der Waals surface area (Å²) in [7, 11) is 0. The number of aromatic amines is 1. The van der Waals surface area contributed by atoms with Crippen LogP contribution in [-0.4, -0.2) is 9.97 Å². The largest absolute Gasteiger partial charge is 0.337 e. The monoisotopic (exact) mass is 359 g/mol. The zero-order valence-electron chi connectivity index (χ0n) is 15.4. The van der Waals surface area contributed by atoms with E-state index in [1.807, 2.05) is 55.5 Å². The van der Waals surface area contributed by atoms with Crippen molar-refractivity contribution in [2.75, 3.05) is 0 Å². The van der Waals surface area contributed by atoms with E-state index in [0.29, 0.717) is 11.4 Å². The van der Waals surface area contributed by atoms with Crippen molar-refractivity contribution in [1.82, 2.24) is 9.97 Å². The molecule has 1 heterocycles. The highest BCUT2D eigenvalue weighted by atomic mass is 14.9. The maximum absolute atomic E-state index is 9.89. The molecule has 3 heteroatoms. The first-order valence-corrected chi connectivity index (χ1v) is 9.22. The number of fused-ring (bicyclic) bond motifs is 3. The van der Waals surface area contributed by atoms with Gasteiger partial charge in [0, 0.05) is 0 Å². The lowest BCUT2D eigenvalue weighted by Crippen LogP contribution is -1.88. The lowest BCUT2D eigenvalue weighted by atomic mass is 9.95. The first kappa shape index (κ1) is 16.3. The van der Waals surface area contributed by atoms with Crippen LogP contribution >= 0.6 is 0 Å². The molecule has 0 atom stereocenters. The molecule has 1 N–H and O–H groups in total. The Kier molecular flexibility index (Phi) is 3.70. The quantitative estimate of drug-likeness (QED) is 0.299. The van der Waals surface area contributed by atoms with Crippen molar-refractivity contribution in [3.8, 4) is 6.07 Å². The summed E-state index contributed by atoms with van der Waals surface area (Å²) in [5.41, 5.74) is 4.53. The van der Waals surface area contributed by atoms with Crippen LogP contribution in [0.15, 0.2) is 72.8 Å². The maximum Gasteiger partial charge on any atom is 0.149 e. The Morgan fingerprint density at radius 1 is 0.929 bits per heavy atom. The number of hydrogen-bond acceptors (Lipinski definition) is 2. The highest BCUT2D eigenvalue weighted by Crippen LogP contribution is 2.31. The van der Waals surface area contributed by atoms with E-state index in [0.717, 1.165) is 43.7 Å². The smallest absolute Gasteiger partial charge is 0.149 e. The number of nitriles is 1. The normalized spacial score (nSPS) is 11.9. The fourth-order valence-electron chi connectivity index (χ4n) is 3.75. The zero-order valence-corrected chi connectivity index (χ0v) is 15.4. The summed E-state index contributed by atoms with van der Waals surface area (Å²) in [4.78, 5) is 7.94. The van der Waals surface area contributed by atoms with Gasteiger partial charge in [0.15, 0.2) is 0 Å². The number of H-pyrrole nitrogens is 1. The Morgan fingerprint density at radius 2 is 1.61 bits per heavy atom. The lowest BCUT2D eigenvalue weighted by molar-refractivity contribution is 1.27. The molecule has 3 nitrogen and oxygen atoms in total. The van der Waals surface area contributed by atoms with Crippen LogP contribution in [-0.2, 0) is 0 Å². The van der Waals surface area contributed by atoms with Crippen LogP contribution in [0.4, 0.5) is 0 Å². The third-order valence-corrected chi connectivity index (χ3v) is 5.11. The number of rotatable bonds is 2. The third kappa shape index (κ3) is 2.64. The molecule has 0 radical (unpaired) electrons. The van der Waals surface area contributed by atoms with E-state index < -0.39 is 0 Å². The molecule has 0 spiro atoms. The fourth-order valence-corrected chi connectivity index (χ4v) is 3.75. The molecule has 0 bridgehead atoms. The van der Waals surface area contributed by atoms with Crippen molar-refractivity contribution in [2.45, 2.75) is 6.92 Å². The molecule has 132 valence electrons. The molecule has 0 saturated carbocycles. The summed E-state index contributed by atoms with van der Waals surface area (Å²) < 4.78 is 0. The Labute approximate surface area is 162 Å². The minimum atomic E-state index is 0.523. The van der Waals surface area contributed by atoms with E-state index in [2.05, 4.69) is 46.4 Å². The Morgan fingerprint density at radius 3 is 2.29 bits per heavy atom. The van der Waals surface area contributed by atoms with E-state index in [-0.39, 0.29) is 0 Å². The van der Waals surface area contributed by atoms with Gasteiger partial charge in [-0.25, -0.2) is 4.98 Å². The highest BCUT2D eigenvalue weighted by Gasteiger charge is 2.11. The van der Waals surface area contributed by atoms with Gasteiger partial charge in [-0.15, -0.1) is 0 Å². The topological polar surface area (TPSA) is 52.5 Å². The maximum atomic E-state index is 9.89. The molecule has 28 heavy (non-hydrogen) atoms. The van der Waals surface area contributed by atoms with Gasteiger partial charge in [0.25, 0.3) is 0 Å². The van der Waals surface area contributed by atoms with Gasteiger partial charge >= 0.3 is 0 Å². The second-order valence-electron chi connectivity index (χ2n) is 7.01. The van der Waals surface area contributed by atoms with Crippen LogP contribution in [0.3, 0.4) is 0 Å². The number of aromatic nitrogens is 2.